The lowest BCUT2D eigenvalue weighted by molar-refractivity contribution is -0.130. The highest BCUT2D eigenvalue weighted by atomic mass is 16.2. The molecule has 0 saturated carbocycles. The predicted molar refractivity (Wildman–Crippen MR) is 68.9 cm³/mol. The van der Waals surface area contributed by atoms with Crippen LogP contribution in [0.3, 0.4) is 0 Å². The van der Waals surface area contributed by atoms with Gasteiger partial charge >= 0.3 is 0 Å². The molecular formula is C15H15NO2. The third kappa shape index (κ3) is 2.02. The van der Waals surface area contributed by atoms with Gasteiger partial charge in [0.1, 0.15) is 0 Å². The lowest BCUT2D eigenvalue weighted by Crippen LogP contribution is -2.48. The first kappa shape index (κ1) is 12.4. The molecule has 1 aliphatic heterocycles. The van der Waals surface area contributed by atoms with Crippen LogP contribution in [-0.2, 0) is 11.2 Å². The summed E-state index contributed by atoms with van der Waals surface area (Å²) in [5, 5.41) is 0. The predicted octanol–water partition coefficient (Wildman–Crippen LogP) is 2.01. The maximum absolute atomic E-state index is 12.3. The monoisotopic (exact) mass is 241 g/mol. The summed E-state index contributed by atoms with van der Waals surface area (Å²) in [6.07, 6.45) is 6.68. The number of fused-ring (bicyclic) bond motifs is 1. The third-order valence-electron chi connectivity index (χ3n) is 3.27. The summed E-state index contributed by atoms with van der Waals surface area (Å²) in [7, 11) is 0. The molecule has 1 aromatic rings. The lowest BCUT2D eigenvalue weighted by atomic mass is 9.96. The Bertz CT molecular complexity index is 528. The standard InChI is InChI=1S/C15H15NO2/c1-3-7-12(4-2)16-14(17)10-11-8-5-6-9-13(11)15(16)18/h1,5-6,8-9,12H,4,7,10H2,2H3. The molecule has 2 rings (SSSR count). The van der Waals surface area contributed by atoms with Crippen LogP contribution in [0, 0.1) is 12.3 Å². The van der Waals surface area contributed by atoms with E-state index in [0.717, 1.165) is 5.56 Å². The van der Waals surface area contributed by atoms with Gasteiger partial charge in [0.2, 0.25) is 5.91 Å². The fraction of sp³-hybridized carbons (Fsp3) is 0.333. The van der Waals surface area contributed by atoms with Crippen molar-refractivity contribution in [2.45, 2.75) is 32.2 Å². The van der Waals surface area contributed by atoms with Crippen LogP contribution in [-0.4, -0.2) is 22.8 Å². The van der Waals surface area contributed by atoms with Crippen molar-refractivity contribution in [2.75, 3.05) is 0 Å². The zero-order valence-electron chi connectivity index (χ0n) is 10.3. The Hall–Kier alpha value is -2.08. The van der Waals surface area contributed by atoms with Crippen LogP contribution in [0.4, 0.5) is 0 Å². The third-order valence-corrected chi connectivity index (χ3v) is 3.27. The SMILES string of the molecule is C#CCC(CC)N1C(=O)Cc2ccccc2C1=O. The summed E-state index contributed by atoms with van der Waals surface area (Å²) in [5.74, 6) is 2.16. The second-order valence-corrected chi connectivity index (χ2v) is 4.37. The number of amides is 2. The minimum atomic E-state index is -0.219. The molecule has 0 N–H and O–H groups in total. The van der Waals surface area contributed by atoms with Crippen LogP contribution in [0.2, 0.25) is 0 Å². The van der Waals surface area contributed by atoms with Crippen LogP contribution >= 0.6 is 0 Å². The van der Waals surface area contributed by atoms with Gasteiger partial charge in [-0.3, -0.25) is 14.5 Å². The van der Waals surface area contributed by atoms with Gasteiger partial charge in [0, 0.05) is 12.0 Å². The van der Waals surface area contributed by atoms with Crippen molar-refractivity contribution in [1.29, 1.82) is 0 Å². The number of benzene rings is 1. The Morgan fingerprint density at radius 3 is 2.78 bits per heavy atom. The Morgan fingerprint density at radius 2 is 2.11 bits per heavy atom. The number of carbonyl (C=O) groups excluding carboxylic acids is 2. The molecule has 0 spiro atoms. The highest BCUT2D eigenvalue weighted by molar-refractivity contribution is 6.10. The van der Waals surface area contributed by atoms with E-state index in [-0.39, 0.29) is 24.3 Å². The normalized spacial score (nSPS) is 16.1. The van der Waals surface area contributed by atoms with Crippen molar-refractivity contribution in [3.63, 3.8) is 0 Å². The molecule has 0 fully saturated rings. The Kier molecular flexibility index (Phi) is 3.47. The Labute approximate surface area is 107 Å². The van der Waals surface area contributed by atoms with Crippen molar-refractivity contribution in [2.24, 2.45) is 0 Å². The van der Waals surface area contributed by atoms with Crippen LogP contribution in [0.15, 0.2) is 24.3 Å². The first-order chi connectivity index (χ1) is 8.69. The summed E-state index contributed by atoms with van der Waals surface area (Å²) >= 11 is 0. The first-order valence-corrected chi connectivity index (χ1v) is 6.06. The van der Waals surface area contributed by atoms with E-state index < -0.39 is 0 Å². The molecule has 0 bridgehead atoms. The molecule has 1 atom stereocenters. The van der Waals surface area contributed by atoms with Crippen molar-refractivity contribution >= 4 is 11.8 Å². The van der Waals surface area contributed by atoms with E-state index in [2.05, 4.69) is 5.92 Å². The van der Waals surface area contributed by atoms with E-state index in [0.29, 0.717) is 18.4 Å². The summed E-state index contributed by atoms with van der Waals surface area (Å²) in [4.78, 5) is 25.8. The zero-order chi connectivity index (χ0) is 13.1. The zero-order valence-corrected chi connectivity index (χ0v) is 10.3. The van der Waals surface area contributed by atoms with E-state index in [4.69, 9.17) is 6.42 Å². The lowest BCUT2D eigenvalue weighted by Gasteiger charge is -2.32. The molecule has 2 amide bonds. The average Bonchev–Trinajstić information content (AvgIpc) is 2.37. The largest absolute Gasteiger partial charge is 0.274 e. The van der Waals surface area contributed by atoms with E-state index >= 15 is 0 Å². The summed E-state index contributed by atoms with van der Waals surface area (Å²) < 4.78 is 0. The Balaban J connectivity index is 2.38. The smallest absolute Gasteiger partial charge is 0.261 e. The molecule has 18 heavy (non-hydrogen) atoms. The molecule has 1 aliphatic rings. The summed E-state index contributed by atoms with van der Waals surface area (Å²) in [6.45, 7) is 1.93. The molecule has 3 heteroatoms. The molecule has 1 heterocycles. The number of nitrogens with zero attached hydrogens (tertiary/aromatic N) is 1. The minimum absolute atomic E-state index is 0.152. The number of hydrogen-bond acceptors (Lipinski definition) is 2. The van der Waals surface area contributed by atoms with Crippen molar-refractivity contribution < 1.29 is 9.59 Å². The highest BCUT2D eigenvalue weighted by Crippen LogP contribution is 2.23. The Morgan fingerprint density at radius 1 is 1.39 bits per heavy atom. The van der Waals surface area contributed by atoms with Gasteiger partial charge in [0.05, 0.1) is 12.5 Å². The maximum atomic E-state index is 12.3. The van der Waals surface area contributed by atoms with Crippen LogP contribution in [0.5, 0.6) is 0 Å². The number of terminal acetylenes is 1. The minimum Gasteiger partial charge on any atom is -0.274 e. The van der Waals surface area contributed by atoms with Gasteiger partial charge < -0.3 is 0 Å². The second-order valence-electron chi connectivity index (χ2n) is 4.37. The van der Waals surface area contributed by atoms with Gasteiger partial charge in [-0.1, -0.05) is 25.1 Å². The molecule has 0 saturated heterocycles. The van der Waals surface area contributed by atoms with E-state index in [1.165, 1.54) is 4.90 Å². The number of carbonyl (C=O) groups is 2. The highest BCUT2D eigenvalue weighted by Gasteiger charge is 2.34. The molecule has 0 aliphatic carbocycles. The topological polar surface area (TPSA) is 37.4 Å². The van der Waals surface area contributed by atoms with Crippen molar-refractivity contribution in [1.82, 2.24) is 4.90 Å². The number of imide groups is 1. The fourth-order valence-electron chi connectivity index (χ4n) is 2.30. The van der Waals surface area contributed by atoms with E-state index in [9.17, 15) is 9.59 Å². The van der Waals surface area contributed by atoms with Crippen LogP contribution in [0.1, 0.15) is 35.7 Å². The maximum Gasteiger partial charge on any atom is 0.261 e. The van der Waals surface area contributed by atoms with Crippen molar-refractivity contribution in [3.8, 4) is 12.3 Å². The van der Waals surface area contributed by atoms with Gasteiger partial charge in [-0.2, -0.15) is 0 Å². The molecule has 0 radical (unpaired) electrons. The van der Waals surface area contributed by atoms with Gasteiger partial charge in [0.15, 0.2) is 0 Å². The van der Waals surface area contributed by atoms with Gasteiger partial charge in [-0.15, -0.1) is 12.3 Å². The average molecular weight is 241 g/mol. The quantitative estimate of drug-likeness (QED) is 0.599. The first-order valence-electron chi connectivity index (χ1n) is 6.06. The van der Waals surface area contributed by atoms with Gasteiger partial charge in [-0.05, 0) is 18.1 Å². The molecule has 92 valence electrons. The summed E-state index contributed by atoms with van der Waals surface area (Å²) in [6, 6.07) is 7.05. The fourth-order valence-corrected chi connectivity index (χ4v) is 2.30. The number of hydrogen-bond donors (Lipinski definition) is 0. The molecule has 3 nitrogen and oxygen atoms in total. The van der Waals surface area contributed by atoms with Crippen LogP contribution in [0.25, 0.3) is 0 Å². The molecule has 1 aromatic carbocycles. The second kappa shape index (κ2) is 5.05. The number of rotatable bonds is 3. The van der Waals surface area contributed by atoms with Crippen LogP contribution < -0.4 is 0 Å². The van der Waals surface area contributed by atoms with Gasteiger partial charge in [0.25, 0.3) is 5.91 Å². The van der Waals surface area contributed by atoms with Gasteiger partial charge in [-0.25, -0.2) is 0 Å². The van der Waals surface area contributed by atoms with E-state index in [1.807, 2.05) is 25.1 Å². The molecule has 0 aromatic heterocycles. The van der Waals surface area contributed by atoms with Crippen molar-refractivity contribution in [3.05, 3.63) is 35.4 Å². The summed E-state index contributed by atoms with van der Waals surface area (Å²) in [5.41, 5.74) is 1.42. The van der Waals surface area contributed by atoms with E-state index in [1.54, 1.807) is 6.07 Å². The molecular weight excluding hydrogens is 226 g/mol. The molecule has 1 unspecified atom stereocenters.